The SMILES string of the molecule is COC(=O)c1cccc(N2CCC3(CC2)OCCc2sc(-c4cccc(N)n4)cc23)n1. The van der Waals surface area contributed by atoms with Gasteiger partial charge in [0, 0.05) is 24.4 Å². The van der Waals surface area contributed by atoms with Gasteiger partial charge in [-0.2, -0.15) is 0 Å². The number of piperidine rings is 1. The average Bonchev–Trinajstić information content (AvgIpc) is 3.25. The van der Waals surface area contributed by atoms with Gasteiger partial charge in [0.2, 0.25) is 0 Å². The summed E-state index contributed by atoms with van der Waals surface area (Å²) in [6.07, 6.45) is 2.66. The van der Waals surface area contributed by atoms with Gasteiger partial charge in [0.15, 0.2) is 5.69 Å². The molecule has 5 heterocycles. The van der Waals surface area contributed by atoms with E-state index in [0.717, 1.165) is 55.3 Å². The van der Waals surface area contributed by atoms with Crippen LogP contribution >= 0.6 is 11.3 Å². The molecule has 0 aromatic carbocycles. The van der Waals surface area contributed by atoms with Crippen LogP contribution in [0.5, 0.6) is 0 Å². The van der Waals surface area contributed by atoms with Gasteiger partial charge in [-0.1, -0.05) is 12.1 Å². The second-order valence-corrected chi connectivity index (χ2v) is 8.98. The van der Waals surface area contributed by atoms with Crippen molar-refractivity contribution >= 4 is 28.9 Å². The number of fused-ring (bicyclic) bond motifs is 2. The first-order valence-corrected chi connectivity index (χ1v) is 11.2. The van der Waals surface area contributed by atoms with E-state index in [4.69, 9.17) is 15.2 Å². The first-order chi connectivity index (χ1) is 15.1. The second kappa shape index (κ2) is 7.94. The Hall–Kier alpha value is -2.97. The highest BCUT2D eigenvalue weighted by Crippen LogP contribution is 2.46. The zero-order valence-electron chi connectivity index (χ0n) is 17.3. The van der Waals surface area contributed by atoms with E-state index in [1.807, 2.05) is 24.3 Å². The van der Waals surface area contributed by atoms with Crippen LogP contribution in [0.2, 0.25) is 0 Å². The topological polar surface area (TPSA) is 90.6 Å². The molecule has 2 aliphatic heterocycles. The maximum Gasteiger partial charge on any atom is 0.356 e. The number of hydrogen-bond acceptors (Lipinski definition) is 8. The Kier molecular flexibility index (Phi) is 5.11. The Morgan fingerprint density at radius 1 is 1.19 bits per heavy atom. The van der Waals surface area contributed by atoms with Gasteiger partial charge in [-0.15, -0.1) is 11.3 Å². The second-order valence-electron chi connectivity index (χ2n) is 7.85. The fourth-order valence-corrected chi connectivity index (χ4v) is 5.66. The minimum atomic E-state index is -0.420. The number of anilines is 2. The molecule has 0 atom stereocenters. The van der Waals surface area contributed by atoms with Crippen molar-refractivity contribution in [2.45, 2.75) is 24.9 Å². The van der Waals surface area contributed by atoms with Crippen LogP contribution in [0.25, 0.3) is 10.6 Å². The van der Waals surface area contributed by atoms with E-state index in [0.29, 0.717) is 11.5 Å². The summed E-state index contributed by atoms with van der Waals surface area (Å²) in [4.78, 5) is 25.5. The maximum absolute atomic E-state index is 11.8. The Morgan fingerprint density at radius 3 is 2.77 bits per heavy atom. The van der Waals surface area contributed by atoms with Crippen molar-refractivity contribution in [3.8, 4) is 10.6 Å². The van der Waals surface area contributed by atoms with Crippen LogP contribution < -0.4 is 10.6 Å². The zero-order chi connectivity index (χ0) is 21.4. The zero-order valence-corrected chi connectivity index (χ0v) is 18.2. The molecule has 2 aliphatic rings. The van der Waals surface area contributed by atoms with Crippen LogP contribution in [0, 0.1) is 0 Å². The first-order valence-electron chi connectivity index (χ1n) is 10.4. The van der Waals surface area contributed by atoms with Crippen LogP contribution in [-0.4, -0.2) is 42.7 Å². The monoisotopic (exact) mass is 436 g/mol. The van der Waals surface area contributed by atoms with E-state index >= 15 is 0 Å². The molecular weight excluding hydrogens is 412 g/mol. The highest BCUT2D eigenvalue weighted by Gasteiger charge is 2.42. The number of nitrogen functional groups attached to an aromatic ring is 1. The van der Waals surface area contributed by atoms with E-state index in [-0.39, 0.29) is 5.60 Å². The molecular formula is C23H24N4O3S. The molecule has 0 bridgehead atoms. The van der Waals surface area contributed by atoms with E-state index in [9.17, 15) is 4.79 Å². The van der Waals surface area contributed by atoms with Crippen molar-refractivity contribution in [1.82, 2.24) is 9.97 Å². The summed E-state index contributed by atoms with van der Waals surface area (Å²) in [6.45, 7) is 2.34. The molecule has 1 spiro atoms. The third kappa shape index (κ3) is 3.66. The highest BCUT2D eigenvalue weighted by atomic mass is 32.1. The van der Waals surface area contributed by atoms with Crippen LogP contribution in [0.15, 0.2) is 42.5 Å². The number of carbonyl (C=O) groups is 1. The summed E-state index contributed by atoms with van der Waals surface area (Å²) in [5, 5.41) is 0. The largest absolute Gasteiger partial charge is 0.464 e. The minimum Gasteiger partial charge on any atom is -0.464 e. The summed E-state index contributed by atoms with van der Waals surface area (Å²) in [5.74, 6) is 0.908. The molecule has 1 fully saturated rings. The molecule has 0 amide bonds. The van der Waals surface area contributed by atoms with Crippen LogP contribution in [0.3, 0.4) is 0 Å². The lowest BCUT2D eigenvalue weighted by Gasteiger charge is -2.44. The molecule has 0 saturated carbocycles. The van der Waals surface area contributed by atoms with Crippen molar-refractivity contribution in [1.29, 1.82) is 0 Å². The van der Waals surface area contributed by atoms with Crippen LogP contribution in [0.1, 0.15) is 33.8 Å². The third-order valence-electron chi connectivity index (χ3n) is 6.05. The summed E-state index contributed by atoms with van der Waals surface area (Å²) in [6, 6.07) is 13.5. The summed E-state index contributed by atoms with van der Waals surface area (Å²) >= 11 is 1.79. The molecule has 0 radical (unpaired) electrons. The third-order valence-corrected chi connectivity index (χ3v) is 7.27. The molecule has 31 heavy (non-hydrogen) atoms. The number of rotatable bonds is 3. The van der Waals surface area contributed by atoms with E-state index in [1.54, 1.807) is 23.5 Å². The lowest BCUT2D eigenvalue weighted by atomic mass is 9.82. The smallest absolute Gasteiger partial charge is 0.356 e. The normalized spacial score (nSPS) is 17.4. The standard InChI is InChI=1S/C23H24N4O3S/c1-29-22(28)17-5-3-7-21(26-17)27-11-9-23(10-12-27)15-14-19(31-18(15)8-13-30-23)16-4-2-6-20(24)25-16/h2-7,14H,8-13H2,1H3,(H2,24,25). The molecule has 0 unspecified atom stereocenters. The number of hydrogen-bond donors (Lipinski definition) is 1. The van der Waals surface area contributed by atoms with Gasteiger partial charge in [-0.3, -0.25) is 0 Å². The molecule has 160 valence electrons. The summed E-state index contributed by atoms with van der Waals surface area (Å²) in [5.41, 5.74) is 8.14. The lowest BCUT2D eigenvalue weighted by molar-refractivity contribution is -0.0757. The van der Waals surface area contributed by atoms with Crippen molar-refractivity contribution < 1.29 is 14.3 Å². The predicted octanol–water partition coefficient (Wildman–Crippen LogP) is 3.64. The molecule has 1 saturated heterocycles. The number of aromatic nitrogens is 2. The lowest BCUT2D eigenvalue weighted by Crippen LogP contribution is -2.46. The Labute approximate surface area is 184 Å². The molecule has 7 nitrogen and oxygen atoms in total. The number of nitrogens with two attached hydrogens (primary N) is 1. The van der Waals surface area contributed by atoms with Gasteiger partial charge < -0.3 is 20.1 Å². The molecule has 5 rings (SSSR count). The van der Waals surface area contributed by atoms with Gasteiger partial charge in [-0.05, 0) is 48.7 Å². The number of thiophene rings is 1. The maximum atomic E-state index is 11.8. The Bertz CT molecular complexity index is 1120. The molecule has 0 aliphatic carbocycles. The summed E-state index contributed by atoms with van der Waals surface area (Å²) < 4.78 is 11.2. The first kappa shape index (κ1) is 20.0. The van der Waals surface area contributed by atoms with Gasteiger partial charge in [-0.25, -0.2) is 14.8 Å². The van der Waals surface area contributed by atoms with Gasteiger partial charge in [0.05, 0.1) is 29.9 Å². The van der Waals surface area contributed by atoms with Crippen molar-refractivity contribution in [3.63, 3.8) is 0 Å². The summed E-state index contributed by atoms with van der Waals surface area (Å²) in [7, 11) is 1.37. The van der Waals surface area contributed by atoms with Crippen LogP contribution in [-0.2, 0) is 21.5 Å². The van der Waals surface area contributed by atoms with Gasteiger partial charge >= 0.3 is 5.97 Å². The fourth-order valence-electron chi connectivity index (χ4n) is 4.46. The Balaban J connectivity index is 1.39. The average molecular weight is 437 g/mol. The van der Waals surface area contributed by atoms with Gasteiger partial charge in [0.25, 0.3) is 0 Å². The van der Waals surface area contributed by atoms with Crippen molar-refractivity contribution in [2.24, 2.45) is 0 Å². The number of ether oxygens (including phenoxy) is 2. The number of esters is 1. The number of pyridine rings is 2. The number of carbonyl (C=O) groups excluding carboxylic acids is 1. The van der Waals surface area contributed by atoms with E-state index < -0.39 is 5.97 Å². The van der Waals surface area contributed by atoms with Crippen molar-refractivity contribution in [2.75, 3.05) is 37.4 Å². The molecule has 8 heteroatoms. The van der Waals surface area contributed by atoms with E-state index in [1.165, 1.54) is 17.6 Å². The number of nitrogens with zero attached hydrogens (tertiary/aromatic N) is 3. The van der Waals surface area contributed by atoms with E-state index in [2.05, 4.69) is 20.9 Å². The van der Waals surface area contributed by atoms with Gasteiger partial charge in [0.1, 0.15) is 11.6 Å². The molecule has 2 N–H and O–H groups in total. The number of methoxy groups -OCH3 is 1. The highest BCUT2D eigenvalue weighted by molar-refractivity contribution is 7.15. The van der Waals surface area contributed by atoms with Crippen LogP contribution in [0.4, 0.5) is 11.6 Å². The quantitative estimate of drug-likeness (QED) is 0.627. The Morgan fingerprint density at radius 2 is 2.00 bits per heavy atom. The van der Waals surface area contributed by atoms with Crippen molar-refractivity contribution in [3.05, 3.63) is 58.6 Å². The minimum absolute atomic E-state index is 0.279. The molecule has 3 aromatic heterocycles. The predicted molar refractivity (Wildman–Crippen MR) is 120 cm³/mol. The molecule has 3 aromatic rings. The fraction of sp³-hybridized carbons (Fsp3) is 0.348.